The Morgan fingerprint density at radius 1 is 0.645 bits per heavy atom. The molecule has 1 unspecified atom stereocenters. The van der Waals surface area contributed by atoms with Gasteiger partial charge in [0.1, 0.15) is 6.10 Å². The molecule has 0 heterocycles. The van der Waals surface area contributed by atoms with Crippen LogP contribution in [0.25, 0.3) is 0 Å². The lowest BCUT2D eigenvalue weighted by atomic mass is 10.1. The van der Waals surface area contributed by atoms with Crippen LogP contribution in [0.15, 0.2) is 12.2 Å². The van der Waals surface area contributed by atoms with Gasteiger partial charge in [-0.3, -0.25) is 0 Å². The Morgan fingerprint density at radius 3 is 1.52 bits per heavy atom. The highest BCUT2D eigenvalue weighted by molar-refractivity contribution is 5.60. The lowest BCUT2D eigenvalue weighted by Gasteiger charge is -2.16. The summed E-state index contributed by atoms with van der Waals surface area (Å²) in [6.45, 7) is 8.74. The van der Waals surface area contributed by atoms with Gasteiger partial charge in [0.2, 0.25) is 0 Å². The Bertz CT molecular complexity index is 403. The maximum atomic E-state index is 11.5. The van der Waals surface area contributed by atoms with Crippen molar-refractivity contribution >= 4 is 6.16 Å². The van der Waals surface area contributed by atoms with E-state index in [-0.39, 0.29) is 6.10 Å². The van der Waals surface area contributed by atoms with Crippen molar-refractivity contribution in [2.75, 3.05) is 6.61 Å². The number of hydrogen-bond donors (Lipinski definition) is 0. The number of carbonyl (C=O) groups excluding carboxylic acids is 1. The van der Waals surface area contributed by atoms with Gasteiger partial charge in [0, 0.05) is 0 Å². The molecule has 31 heavy (non-hydrogen) atoms. The minimum absolute atomic E-state index is 0.0844. The van der Waals surface area contributed by atoms with Crippen LogP contribution in [-0.4, -0.2) is 18.9 Å². The Balaban J connectivity index is 3.20. The molecule has 0 aromatic heterocycles. The van der Waals surface area contributed by atoms with E-state index in [9.17, 15) is 4.79 Å². The molecule has 0 fully saturated rings. The summed E-state index contributed by atoms with van der Waals surface area (Å²) in [5, 5.41) is 0. The first kappa shape index (κ1) is 30.0. The molecule has 0 rings (SSSR count). The Hall–Kier alpha value is -0.990. The predicted molar refractivity (Wildman–Crippen MR) is 135 cm³/mol. The van der Waals surface area contributed by atoms with Gasteiger partial charge >= 0.3 is 6.16 Å². The van der Waals surface area contributed by atoms with Gasteiger partial charge in [0.25, 0.3) is 0 Å². The summed E-state index contributed by atoms with van der Waals surface area (Å²) >= 11 is 0. The fourth-order valence-corrected chi connectivity index (χ4v) is 3.53. The third-order valence-electron chi connectivity index (χ3n) is 6.10. The first-order chi connectivity index (χ1) is 15.1. The highest BCUT2D eigenvalue weighted by atomic mass is 16.7. The Morgan fingerprint density at radius 2 is 1.06 bits per heavy atom. The Kier molecular flexibility index (Phi) is 22.9. The summed E-state index contributed by atoms with van der Waals surface area (Å²) < 4.78 is 10.3. The fraction of sp³-hybridized carbons (Fsp3) is 0.893. The summed E-state index contributed by atoms with van der Waals surface area (Å²) in [6, 6.07) is 0. The van der Waals surface area contributed by atoms with Crippen molar-refractivity contribution in [3.8, 4) is 0 Å². The molecule has 0 aliphatic rings. The highest BCUT2D eigenvalue weighted by Gasteiger charge is 2.13. The Labute approximate surface area is 194 Å². The van der Waals surface area contributed by atoms with Crippen LogP contribution in [0.1, 0.15) is 143 Å². The number of unbranched alkanes of at least 4 members (excludes halogenated alkanes) is 16. The van der Waals surface area contributed by atoms with Gasteiger partial charge < -0.3 is 9.47 Å². The summed E-state index contributed by atoms with van der Waals surface area (Å²) in [4.78, 5) is 11.5. The monoisotopic (exact) mass is 438 g/mol. The normalized spacial score (nSPS) is 12.5. The van der Waals surface area contributed by atoms with Crippen LogP contribution in [0.5, 0.6) is 0 Å². The van der Waals surface area contributed by atoms with Gasteiger partial charge in [-0.1, -0.05) is 116 Å². The zero-order valence-electron chi connectivity index (χ0n) is 21.5. The summed E-state index contributed by atoms with van der Waals surface area (Å²) in [5.41, 5.74) is 0. The number of rotatable bonds is 22. The van der Waals surface area contributed by atoms with Crippen LogP contribution in [0.4, 0.5) is 4.79 Å². The van der Waals surface area contributed by atoms with Gasteiger partial charge in [-0.25, -0.2) is 4.79 Å². The number of allylic oxidation sites excluding steroid dienone is 2. The first-order valence-electron chi connectivity index (χ1n) is 13.6. The van der Waals surface area contributed by atoms with Crippen LogP contribution in [0, 0.1) is 5.92 Å². The molecule has 0 radical (unpaired) electrons. The first-order valence-corrected chi connectivity index (χ1v) is 13.6. The predicted octanol–water partition coefficient (Wildman–Crippen LogP) is 9.78. The minimum atomic E-state index is -0.519. The molecule has 0 bridgehead atoms. The van der Waals surface area contributed by atoms with E-state index in [2.05, 4.69) is 19.1 Å². The lowest BCUT2D eigenvalue weighted by Crippen LogP contribution is -2.21. The molecule has 184 valence electrons. The molecule has 0 saturated heterocycles. The number of carbonyl (C=O) groups is 1. The van der Waals surface area contributed by atoms with E-state index < -0.39 is 6.16 Å². The topological polar surface area (TPSA) is 35.5 Å². The van der Waals surface area contributed by atoms with Crippen LogP contribution in [-0.2, 0) is 9.47 Å². The van der Waals surface area contributed by atoms with E-state index in [0.29, 0.717) is 12.5 Å². The van der Waals surface area contributed by atoms with E-state index in [4.69, 9.17) is 9.47 Å². The van der Waals surface area contributed by atoms with Crippen LogP contribution in [0.2, 0.25) is 0 Å². The zero-order chi connectivity index (χ0) is 23.0. The second-order valence-electron chi connectivity index (χ2n) is 9.52. The van der Waals surface area contributed by atoms with Gasteiger partial charge in [-0.15, -0.1) is 0 Å². The van der Waals surface area contributed by atoms with E-state index in [0.717, 1.165) is 12.8 Å². The van der Waals surface area contributed by atoms with Crippen molar-refractivity contribution in [1.29, 1.82) is 0 Å². The molecule has 0 spiro atoms. The van der Waals surface area contributed by atoms with Gasteiger partial charge in [-0.2, -0.15) is 0 Å². The quantitative estimate of drug-likeness (QED) is 0.0958. The summed E-state index contributed by atoms with van der Waals surface area (Å²) in [7, 11) is 0. The SMILES string of the molecule is CCCCCCCC/C=C/CCCCCCCCCCCCOC(=O)OC(C)C(C)C. The van der Waals surface area contributed by atoms with E-state index in [1.54, 1.807) is 0 Å². The summed E-state index contributed by atoms with van der Waals surface area (Å²) in [6.07, 6.45) is 27.9. The molecule has 0 N–H and O–H groups in total. The molecule has 3 heteroatoms. The smallest absolute Gasteiger partial charge is 0.434 e. The van der Waals surface area contributed by atoms with E-state index in [1.807, 2.05) is 20.8 Å². The van der Waals surface area contributed by atoms with Crippen molar-refractivity contribution in [2.45, 2.75) is 149 Å². The van der Waals surface area contributed by atoms with Crippen LogP contribution >= 0.6 is 0 Å². The van der Waals surface area contributed by atoms with E-state index >= 15 is 0 Å². The maximum Gasteiger partial charge on any atom is 0.508 e. The number of ether oxygens (including phenoxy) is 2. The molecule has 0 amide bonds. The molecule has 0 aliphatic heterocycles. The lowest BCUT2D eigenvalue weighted by molar-refractivity contribution is 0.0140. The second kappa shape index (κ2) is 23.7. The molecule has 0 aromatic carbocycles. The van der Waals surface area contributed by atoms with Gasteiger partial charge in [-0.05, 0) is 44.9 Å². The van der Waals surface area contributed by atoms with Gasteiger partial charge in [0.15, 0.2) is 0 Å². The number of hydrogen-bond acceptors (Lipinski definition) is 3. The molecule has 0 saturated carbocycles. The van der Waals surface area contributed by atoms with Crippen molar-refractivity contribution in [3.63, 3.8) is 0 Å². The average Bonchev–Trinajstić information content (AvgIpc) is 2.74. The highest BCUT2D eigenvalue weighted by Crippen LogP contribution is 2.13. The van der Waals surface area contributed by atoms with Crippen molar-refractivity contribution < 1.29 is 14.3 Å². The summed E-state index contributed by atoms with van der Waals surface area (Å²) in [5.74, 6) is 0.323. The third-order valence-corrected chi connectivity index (χ3v) is 6.10. The standard InChI is InChI=1S/C28H54O3/c1-5-6-7-8-9-10-11-12-13-14-15-16-17-18-19-20-21-22-23-24-25-30-28(29)31-27(4)26(2)3/h12-13,26-27H,5-11,14-25H2,1-4H3/b13-12+. The average molecular weight is 439 g/mol. The fourth-order valence-electron chi connectivity index (χ4n) is 3.53. The molecule has 0 aromatic rings. The molecular weight excluding hydrogens is 384 g/mol. The second-order valence-corrected chi connectivity index (χ2v) is 9.52. The van der Waals surface area contributed by atoms with Crippen molar-refractivity contribution in [3.05, 3.63) is 12.2 Å². The largest absolute Gasteiger partial charge is 0.508 e. The molecule has 0 aliphatic carbocycles. The zero-order valence-corrected chi connectivity index (χ0v) is 21.5. The minimum Gasteiger partial charge on any atom is -0.434 e. The van der Waals surface area contributed by atoms with Crippen LogP contribution in [0.3, 0.4) is 0 Å². The molecule has 1 atom stereocenters. The van der Waals surface area contributed by atoms with E-state index in [1.165, 1.54) is 103 Å². The molecular formula is C28H54O3. The third kappa shape index (κ3) is 23.5. The van der Waals surface area contributed by atoms with Crippen molar-refractivity contribution in [2.24, 2.45) is 5.92 Å². The molecule has 3 nitrogen and oxygen atoms in total. The van der Waals surface area contributed by atoms with Gasteiger partial charge in [0.05, 0.1) is 6.61 Å². The maximum absolute atomic E-state index is 11.5. The van der Waals surface area contributed by atoms with Crippen molar-refractivity contribution in [1.82, 2.24) is 0 Å². The van der Waals surface area contributed by atoms with Crippen LogP contribution < -0.4 is 0 Å².